The number of carbonyl (C=O) groups is 1. The number of carboxylic acid groups (broad SMARTS) is 1. The molecule has 2 rings (SSSR count). The van der Waals surface area contributed by atoms with E-state index in [1.807, 2.05) is 0 Å². The van der Waals surface area contributed by atoms with Crippen LogP contribution in [0.2, 0.25) is 0 Å². The second kappa shape index (κ2) is 4.40. The molecule has 17 heavy (non-hydrogen) atoms. The zero-order valence-corrected chi connectivity index (χ0v) is 9.07. The Kier molecular flexibility index (Phi) is 2.95. The number of hydrogen-bond donors (Lipinski definition) is 1. The minimum Gasteiger partial charge on any atom is -0.465 e. The van der Waals surface area contributed by atoms with Gasteiger partial charge >= 0.3 is 6.09 Å². The van der Waals surface area contributed by atoms with Crippen LogP contribution in [0.15, 0.2) is 24.3 Å². The number of hydrogen-bond acceptors (Lipinski definition) is 3. The van der Waals surface area contributed by atoms with E-state index in [0.717, 1.165) is 18.4 Å². The van der Waals surface area contributed by atoms with Gasteiger partial charge in [0.25, 0.3) is 5.69 Å². The van der Waals surface area contributed by atoms with Gasteiger partial charge in [-0.15, -0.1) is 0 Å². The summed E-state index contributed by atoms with van der Waals surface area (Å²) < 4.78 is 0. The van der Waals surface area contributed by atoms with Gasteiger partial charge in [-0.1, -0.05) is 12.1 Å². The van der Waals surface area contributed by atoms with Gasteiger partial charge in [0.1, 0.15) is 0 Å². The van der Waals surface area contributed by atoms with E-state index in [-0.39, 0.29) is 11.7 Å². The smallest absolute Gasteiger partial charge is 0.407 e. The molecule has 1 saturated heterocycles. The number of likely N-dealkylation sites (tertiary alicyclic amines) is 1. The first-order chi connectivity index (χ1) is 8.09. The number of benzene rings is 1. The molecule has 0 spiro atoms. The first-order valence-electron chi connectivity index (χ1n) is 5.33. The second-order valence-corrected chi connectivity index (χ2v) is 3.98. The van der Waals surface area contributed by atoms with E-state index >= 15 is 0 Å². The van der Waals surface area contributed by atoms with Gasteiger partial charge in [0.2, 0.25) is 0 Å². The molecule has 6 nitrogen and oxygen atoms in total. The Balaban J connectivity index is 2.22. The van der Waals surface area contributed by atoms with Crippen molar-refractivity contribution in [1.29, 1.82) is 0 Å². The molecule has 0 radical (unpaired) electrons. The summed E-state index contributed by atoms with van der Waals surface area (Å²) in [5.41, 5.74) is 0.837. The van der Waals surface area contributed by atoms with Crippen LogP contribution in [0.1, 0.15) is 24.4 Å². The van der Waals surface area contributed by atoms with Crippen molar-refractivity contribution < 1.29 is 14.8 Å². The van der Waals surface area contributed by atoms with Gasteiger partial charge in [-0.3, -0.25) is 10.1 Å². The highest BCUT2D eigenvalue weighted by molar-refractivity contribution is 5.66. The lowest BCUT2D eigenvalue weighted by Crippen LogP contribution is -2.28. The molecule has 90 valence electrons. The minimum atomic E-state index is -0.939. The predicted molar refractivity (Wildman–Crippen MR) is 59.8 cm³/mol. The fraction of sp³-hybridized carbons (Fsp3) is 0.364. The summed E-state index contributed by atoms with van der Waals surface area (Å²) in [6.07, 6.45) is 0.656. The van der Waals surface area contributed by atoms with Gasteiger partial charge in [0.05, 0.1) is 11.0 Å². The van der Waals surface area contributed by atoms with Crippen molar-refractivity contribution in [2.45, 2.75) is 18.9 Å². The number of nitro groups is 1. The first-order valence-corrected chi connectivity index (χ1v) is 5.33. The zero-order valence-electron chi connectivity index (χ0n) is 9.07. The molecular formula is C11H12N2O4. The van der Waals surface area contributed by atoms with Crippen LogP contribution in [0.3, 0.4) is 0 Å². The predicted octanol–water partition coefficient (Wildman–Crippen LogP) is 2.41. The van der Waals surface area contributed by atoms with Crippen LogP contribution in [-0.4, -0.2) is 27.6 Å². The normalized spacial score (nSPS) is 19.3. The van der Waals surface area contributed by atoms with E-state index < -0.39 is 11.0 Å². The van der Waals surface area contributed by atoms with E-state index in [4.69, 9.17) is 5.11 Å². The molecule has 1 atom stereocenters. The molecule has 1 aliphatic rings. The Morgan fingerprint density at radius 1 is 1.41 bits per heavy atom. The maximum Gasteiger partial charge on any atom is 0.407 e. The van der Waals surface area contributed by atoms with Gasteiger partial charge in [-0.05, 0) is 18.4 Å². The Morgan fingerprint density at radius 3 is 2.59 bits per heavy atom. The van der Waals surface area contributed by atoms with Gasteiger partial charge in [-0.2, -0.15) is 0 Å². The Labute approximate surface area is 97.6 Å². The van der Waals surface area contributed by atoms with Crippen molar-refractivity contribution in [3.63, 3.8) is 0 Å². The second-order valence-electron chi connectivity index (χ2n) is 3.98. The molecule has 0 bridgehead atoms. The topological polar surface area (TPSA) is 83.7 Å². The number of rotatable bonds is 2. The lowest BCUT2D eigenvalue weighted by Gasteiger charge is -2.21. The van der Waals surface area contributed by atoms with Crippen LogP contribution in [0.4, 0.5) is 10.5 Å². The van der Waals surface area contributed by atoms with E-state index in [0.29, 0.717) is 6.54 Å². The number of nitro benzene ring substituents is 1. The van der Waals surface area contributed by atoms with E-state index in [1.54, 1.807) is 12.1 Å². The zero-order chi connectivity index (χ0) is 12.4. The lowest BCUT2D eigenvalue weighted by atomic mass is 10.0. The van der Waals surface area contributed by atoms with Crippen LogP contribution in [0, 0.1) is 10.1 Å². The fourth-order valence-electron chi connectivity index (χ4n) is 2.16. The first kappa shape index (κ1) is 11.4. The fourth-order valence-corrected chi connectivity index (χ4v) is 2.16. The average Bonchev–Trinajstić information content (AvgIpc) is 2.78. The van der Waals surface area contributed by atoms with Crippen molar-refractivity contribution in [1.82, 2.24) is 4.90 Å². The van der Waals surface area contributed by atoms with E-state index in [1.165, 1.54) is 17.0 Å². The maximum absolute atomic E-state index is 11.0. The Hall–Kier alpha value is -2.11. The summed E-state index contributed by atoms with van der Waals surface area (Å²) in [7, 11) is 0. The Bertz CT molecular complexity index is 443. The largest absolute Gasteiger partial charge is 0.465 e. The maximum atomic E-state index is 11.0. The number of amides is 1. The average molecular weight is 236 g/mol. The SMILES string of the molecule is O=C(O)N1CCCC1c1ccc([N+](=O)[O-])cc1. The summed E-state index contributed by atoms with van der Waals surface area (Å²) in [4.78, 5) is 22.4. The summed E-state index contributed by atoms with van der Waals surface area (Å²) in [5, 5.41) is 19.5. The van der Waals surface area contributed by atoms with Crippen molar-refractivity contribution in [3.05, 3.63) is 39.9 Å². The van der Waals surface area contributed by atoms with E-state index in [9.17, 15) is 14.9 Å². The molecule has 0 aliphatic carbocycles. The quantitative estimate of drug-likeness (QED) is 0.631. The van der Waals surface area contributed by atoms with E-state index in [2.05, 4.69) is 0 Å². The highest BCUT2D eigenvalue weighted by Gasteiger charge is 2.29. The third-order valence-electron chi connectivity index (χ3n) is 2.99. The molecular weight excluding hydrogens is 224 g/mol. The highest BCUT2D eigenvalue weighted by Crippen LogP contribution is 2.32. The molecule has 1 amide bonds. The lowest BCUT2D eigenvalue weighted by molar-refractivity contribution is -0.384. The summed E-state index contributed by atoms with van der Waals surface area (Å²) >= 11 is 0. The third kappa shape index (κ3) is 2.20. The number of nitrogens with zero attached hydrogens (tertiary/aromatic N) is 2. The molecule has 1 heterocycles. The molecule has 0 aromatic heterocycles. The highest BCUT2D eigenvalue weighted by atomic mass is 16.6. The van der Waals surface area contributed by atoms with Gasteiger partial charge in [0.15, 0.2) is 0 Å². The monoisotopic (exact) mass is 236 g/mol. The van der Waals surface area contributed by atoms with Crippen molar-refractivity contribution in [2.75, 3.05) is 6.54 Å². The van der Waals surface area contributed by atoms with Crippen LogP contribution in [-0.2, 0) is 0 Å². The molecule has 1 fully saturated rings. The molecule has 6 heteroatoms. The molecule has 1 aromatic rings. The molecule has 1 unspecified atom stereocenters. The van der Waals surface area contributed by atoms with Crippen LogP contribution >= 0.6 is 0 Å². The standard InChI is InChI=1S/C11H12N2O4/c14-11(15)12-7-1-2-10(12)8-3-5-9(6-4-8)13(16)17/h3-6,10H,1-2,7H2,(H,14,15). The van der Waals surface area contributed by atoms with Gasteiger partial charge in [0, 0.05) is 18.7 Å². The molecule has 1 N–H and O–H groups in total. The van der Waals surface area contributed by atoms with Crippen molar-refractivity contribution in [2.24, 2.45) is 0 Å². The third-order valence-corrected chi connectivity index (χ3v) is 2.99. The Morgan fingerprint density at radius 2 is 2.06 bits per heavy atom. The minimum absolute atomic E-state index is 0.0219. The summed E-state index contributed by atoms with van der Waals surface area (Å²) in [6, 6.07) is 5.91. The van der Waals surface area contributed by atoms with Crippen molar-refractivity contribution >= 4 is 11.8 Å². The van der Waals surface area contributed by atoms with Crippen LogP contribution in [0.5, 0.6) is 0 Å². The van der Waals surface area contributed by atoms with Gasteiger partial charge in [-0.25, -0.2) is 4.79 Å². The summed E-state index contributed by atoms with van der Waals surface area (Å²) in [6.45, 7) is 0.525. The summed E-state index contributed by atoms with van der Waals surface area (Å²) in [5.74, 6) is 0. The molecule has 0 saturated carbocycles. The van der Waals surface area contributed by atoms with Crippen LogP contribution < -0.4 is 0 Å². The molecule has 1 aliphatic heterocycles. The number of non-ortho nitro benzene ring substituents is 1. The van der Waals surface area contributed by atoms with Crippen molar-refractivity contribution in [3.8, 4) is 0 Å². The van der Waals surface area contributed by atoms with Gasteiger partial charge < -0.3 is 10.0 Å². The molecule has 1 aromatic carbocycles. The van der Waals surface area contributed by atoms with Crippen LogP contribution in [0.25, 0.3) is 0 Å².